The lowest BCUT2D eigenvalue weighted by atomic mass is 9.94. The SMILES string of the molecule is CSC1CCC(NC(C)c2cnn(C)c2)CC1. The molecule has 0 bridgehead atoms. The van der Waals surface area contributed by atoms with E-state index in [1.807, 2.05) is 29.7 Å². The van der Waals surface area contributed by atoms with Crippen LogP contribution < -0.4 is 5.32 Å². The first-order valence-corrected chi connectivity index (χ1v) is 7.75. The van der Waals surface area contributed by atoms with Crippen LogP contribution in [0.15, 0.2) is 12.4 Å². The summed E-state index contributed by atoms with van der Waals surface area (Å²) in [5.41, 5.74) is 1.29. The molecule has 1 fully saturated rings. The highest BCUT2D eigenvalue weighted by atomic mass is 32.2. The summed E-state index contributed by atoms with van der Waals surface area (Å²) in [6.45, 7) is 2.23. The van der Waals surface area contributed by atoms with Crippen molar-refractivity contribution in [1.29, 1.82) is 0 Å². The van der Waals surface area contributed by atoms with Crippen molar-refractivity contribution < 1.29 is 0 Å². The van der Waals surface area contributed by atoms with E-state index in [9.17, 15) is 0 Å². The van der Waals surface area contributed by atoms with Crippen molar-refractivity contribution in [2.24, 2.45) is 7.05 Å². The minimum absolute atomic E-state index is 0.416. The van der Waals surface area contributed by atoms with Gasteiger partial charge in [-0.25, -0.2) is 0 Å². The van der Waals surface area contributed by atoms with E-state index in [2.05, 4.69) is 29.8 Å². The van der Waals surface area contributed by atoms with Gasteiger partial charge in [-0.2, -0.15) is 16.9 Å². The molecule has 0 radical (unpaired) electrons. The number of aromatic nitrogens is 2. The van der Waals surface area contributed by atoms with Crippen molar-refractivity contribution in [2.75, 3.05) is 6.26 Å². The van der Waals surface area contributed by atoms with Gasteiger partial charge < -0.3 is 5.32 Å². The lowest BCUT2D eigenvalue weighted by molar-refractivity contribution is 0.352. The van der Waals surface area contributed by atoms with E-state index in [0.717, 1.165) is 5.25 Å². The molecule has 3 nitrogen and oxygen atoms in total. The predicted molar refractivity (Wildman–Crippen MR) is 74.3 cm³/mol. The Balaban J connectivity index is 1.81. The zero-order valence-electron chi connectivity index (χ0n) is 11.0. The number of rotatable bonds is 4. The van der Waals surface area contributed by atoms with E-state index >= 15 is 0 Å². The van der Waals surface area contributed by atoms with Crippen LogP contribution in [0.25, 0.3) is 0 Å². The van der Waals surface area contributed by atoms with Gasteiger partial charge in [-0.3, -0.25) is 4.68 Å². The molecule has 0 aromatic carbocycles. The van der Waals surface area contributed by atoms with Crippen molar-refractivity contribution >= 4 is 11.8 Å². The van der Waals surface area contributed by atoms with Crippen LogP contribution in [0.3, 0.4) is 0 Å². The fourth-order valence-electron chi connectivity index (χ4n) is 2.58. The average molecular weight is 253 g/mol. The van der Waals surface area contributed by atoms with Crippen molar-refractivity contribution in [1.82, 2.24) is 15.1 Å². The zero-order valence-corrected chi connectivity index (χ0v) is 11.8. The fourth-order valence-corrected chi connectivity index (χ4v) is 3.32. The van der Waals surface area contributed by atoms with E-state index in [1.54, 1.807) is 0 Å². The maximum absolute atomic E-state index is 4.23. The molecule has 1 aromatic rings. The summed E-state index contributed by atoms with van der Waals surface area (Å²) in [7, 11) is 1.97. The molecule has 0 aliphatic heterocycles. The van der Waals surface area contributed by atoms with Crippen LogP contribution >= 0.6 is 11.8 Å². The Morgan fingerprint density at radius 1 is 1.41 bits per heavy atom. The van der Waals surface area contributed by atoms with Gasteiger partial charge in [0.15, 0.2) is 0 Å². The van der Waals surface area contributed by atoms with Crippen molar-refractivity contribution in [2.45, 2.75) is 49.9 Å². The van der Waals surface area contributed by atoms with Crippen LogP contribution in [-0.2, 0) is 7.05 Å². The summed E-state index contributed by atoms with van der Waals surface area (Å²) in [6.07, 6.45) is 11.6. The molecule has 17 heavy (non-hydrogen) atoms. The van der Waals surface area contributed by atoms with Crippen LogP contribution in [-0.4, -0.2) is 27.3 Å². The third-order valence-corrected chi connectivity index (χ3v) is 4.86. The average Bonchev–Trinajstić information content (AvgIpc) is 2.77. The topological polar surface area (TPSA) is 29.9 Å². The molecule has 0 amide bonds. The van der Waals surface area contributed by atoms with Crippen molar-refractivity contribution in [3.63, 3.8) is 0 Å². The van der Waals surface area contributed by atoms with Crippen LogP contribution in [0.4, 0.5) is 0 Å². The summed E-state index contributed by atoms with van der Waals surface area (Å²) in [5.74, 6) is 0. The first-order valence-electron chi connectivity index (χ1n) is 6.46. The minimum atomic E-state index is 0.416. The highest BCUT2D eigenvalue weighted by Crippen LogP contribution is 2.28. The zero-order chi connectivity index (χ0) is 12.3. The molecule has 1 unspecified atom stereocenters. The number of nitrogens with zero attached hydrogens (tertiary/aromatic N) is 2. The highest BCUT2D eigenvalue weighted by Gasteiger charge is 2.22. The summed E-state index contributed by atoms with van der Waals surface area (Å²) in [6, 6.07) is 1.10. The van der Waals surface area contributed by atoms with Crippen molar-refractivity contribution in [3.05, 3.63) is 18.0 Å². The van der Waals surface area contributed by atoms with Gasteiger partial charge in [0.2, 0.25) is 0 Å². The Hall–Kier alpha value is -0.480. The van der Waals surface area contributed by atoms with Gasteiger partial charge in [0, 0.05) is 36.1 Å². The largest absolute Gasteiger partial charge is 0.307 e. The summed E-state index contributed by atoms with van der Waals surface area (Å²) >= 11 is 2.03. The highest BCUT2D eigenvalue weighted by molar-refractivity contribution is 7.99. The first-order chi connectivity index (χ1) is 8.19. The van der Waals surface area contributed by atoms with Crippen LogP contribution in [0.5, 0.6) is 0 Å². The van der Waals surface area contributed by atoms with Gasteiger partial charge in [-0.1, -0.05) is 0 Å². The van der Waals surface area contributed by atoms with Crippen LogP contribution in [0, 0.1) is 0 Å². The van der Waals surface area contributed by atoms with Gasteiger partial charge in [0.1, 0.15) is 0 Å². The lowest BCUT2D eigenvalue weighted by Crippen LogP contribution is -2.35. The van der Waals surface area contributed by atoms with Gasteiger partial charge in [0.05, 0.1) is 6.20 Å². The quantitative estimate of drug-likeness (QED) is 0.895. The molecular weight excluding hydrogens is 230 g/mol. The molecule has 0 spiro atoms. The Bertz CT molecular complexity index is 342. The normalized spacial score (nSPS) is 27.0. The monoisotopic (exact) mass is 253 g/mol. The number of aryl methyl sites for hydroxylation is 1. The number of thioether (sulfide) groups is 1. The van der Waals surface area contributed by atoms with E-state index < -0.39 is 0 Å². The molecule has 4 heteroatoms. The Labute approximate surface area is 108 Å². The summed E-state index contributed by atoms with van der Waals surface area (Å²) in [4.78, 5) is 0. The molecule has 1 aliphatic carbocycles. The summed E-state index contributed by atoms with van der Waals surface area (Å²) in [5, 5.41) is 8.85. The Morgan fingerprint density at radius 3 is 2.65 bits per heavy atom. The molecule has 0 saturated heterocycles. The second-order valence-electron chi connectivity index (χ2n) is 5.05. The van der Waals surface area contributed by atoms with E-state index in [0.29, 0.717) is 12.1 Å². The van der Waals surface area contributed by atoms with Crippen molar-refractivity contribution in [3.8, 4) is 0 Å². The lowest BCUT2D eigenvalue weighted by Gasteiger charge is -2.30. The third kappa shape index (κ3) is 3.49. The molecule has 1 atom stereocenters. The summed E-state index contributed by atoms with van der Waals surface area (Å²) < 4.78 is 1.87. The van der Waals surface area contributed by atoms with Gasteiger partial charge in [-0.05, 0) is 38.9 Å². The maximum atomic E-state index is 4.23. The Kier molecular flexibility index (Phi) is 4.51. The standard InChI is InChI=1S/C13H23N3S/c1-10(11-8-14-16(2)9-11)15-12-4-6-13(17-3)7-5-12/h8-10,12-13,15H,4-7H2,1-3H3. The predicted octanol–water partition coefficient (Wildman–Crippen LogP) is 2.74. The first kappa shape index (κ1) is 13.0. The molecule has 1 N–H and O–H groups in total. The van der Waals surface area contributed by atoms with Gasteiger partial charge in [0.25, 0.3) is 0 Å². The van der Waals surface area contributed by atoms with Gasteiger partial charge in [-0.15, -0.1) is 0 Å². The van der Waals surface area contributed by atoms with Crippen LogP contribution in [0.1, 0.15) is 44.2 Å². The maximum Gasteiger partial charge on any atom is 0.0537 e. The fraction of sp³-hybridized carbons (Fsp3) is 0.769. The minimum Gasteiger partial charge on any atom is -0.307 e. The smallest absolute Gasteiger partial charge is 0.0537 e. The molecule has 96 valence electrons. The molecule has 2 rings (SSSR count). The third-order valence-electron chi connectivity index (χ3n) is 3.72. The van der Waals surface area contributed by atoms with E-state index in [4.69, 9.17) is 0 Å². The second kappa shape index (κ2) is 5.91. The molecule has 1 aliphatic rings. The van der Waals surface area contributed by atoms with E-state index in [1.165, 1.54) is 31.2 Å². The number of hydrogen-bond donors (Lipinski definition) is 1. The molecule has 1 aromatic heterocycles. The van der Waals surface area contributed by atoms with Crippen LogP contribution in [0.2, 0.25) is 0 Å². The van der Waals surface area contributed by atoms with E-state index in [-0.39, 0.29) is 0 Å². The molecule has 1 heterocycles. The second-order valence-corrected chi connectivity index (χ2v) is 6.18. The molecular formula is C13H23N3S. The van der Waals surface area contributed by atoms with Gasteiger partial charge >= 0.3 is 0 Å². The molecule has 1 saturated carbocycles. The Morgan fingerprint density at radius 2 is 2.12 bits per heavy atom. The number of hydrogen-bond acceptors (Lipinski definition) is 3. The number of nitrogens with one attached hydrogen (secondary N) is 1.